The molecule has 0 aromatic carbocycles. The summed E-state index contributed by atoms with van der Waals surface area (Å²) >= 11 is 1.27. The molecular weight excluding hydrogens is 218 g/mol. The van der Waals surface area contributed by atoms with E-state index in [1.807, 2.05) is 0 Å². The molecule has 1 rings (SSSR count). The quantitative estimate of drug-likeness (QED) is 0.840. The van der Waals surface area contributed by atoms with E-state index in [9.17, 15) is 4.21 Å². The summed E-state index contributed by atoms with van der Waals surface area (Å²) in [4.78, 5) is 0. The topological polar surface area (TPSA) is 65.8 Å². The van der Waals surface area contributed by atoms with Crippen LogP contribution in [0.25, 0.3) is 0 Å². The minimum Gasteiger partial charge on any atom is -0.374 e. The van der Waals surface area contributed by atoms with Crippen molar-refractivity contribution in [2.75, 3.05) is 23.9 Å². The number of nitriles is 1. The minimum absolute atomic E-state index is 0.585. The highest BCUT2D eigenvalue weighted by Crippen LogP contribution is 2.22. The molecule has 0 spiro atoms. The number of hydrogen-bond donors (Lipinski definition) is 1. The highest BCUT2D eigenvalue weighted by molar-refractivity contribution is 7.84. The van der Waals surface area contributed by atoms with Crippen LogP contribution >= 0.6 is 11.5 Å². The Kier molecular flexibility index (Phi) is 4.04. The summed E-state index contributed by atoms with van der Waals surface area (Å²) in [5.41, 5.74) is 1.34. The lowest BCUT2D eigenvalue weighted by atomic mass is 10.3. The van der Waals surface area contributed by atoms with Gasteiger partial charge in [-0.05, 0) is 18.5 Å². The van der Waals surface area contributed by atoms with E-state index < -0.39 is 10.8 Å². The molecule has 0 aliphatic heterocycles. The molecule has 1 heterocycles. The number of aryl methyl sites for hydroxylation is 1. The van der Waals surface area contributed by atoms with Crippen molar-refractivity contribution in [3.63, 3.8) is 0 Å². The molecule has 0 saturated heterocycles. The summed E-state index contributed by atoms with van der Waals surface area (Å²) in [5, 5.41) is 12.6. The second kappa shape index (κ2) is 5.08. The van der Waals surface area contributed by atoms with Crippen LogP contribution in [0.4, 0.5) is 5.00 Å². The Balaban J connectivity index is 2.59. The van der Waals surface area contributed by atoms with Crippen molar-refractivity contribution >= 4 is 27.3 Å². The highest BCUT2D eigenvalue weighted by Gasteiger charge is 2.08. The molecule has 76 valence electrons. The molecule has 0 aliphatic carbocycles. The molecule has 1 unspecified atom stereocenters. The molecule has 0 radical (unpaired) electrons. The van der Waals surface area contributed by atoms with Crippen LogP contribution in [0.3, 0.4) is 0 Å². The van der Waals surface area contributed by atoms with Crippen LogP contribution in [-0.4, -0.2) is 27.1 Å². The zero-order valence-electron chi connectivity index (χ0n) is 8.03. The molecule has 0 amide bonds. The first-order chi connectivity index (χ1) is 6.65. The van der Waals surface area contributed by atoms with Crippen molar-refractivity contribution in [1.29, 1.82) is 5.26 Å². The number of rotatable bonds is 4. The van der Waals surface area contributed by atoms with E-state index in [1.54, 1.807) is 13.2 Å². The van der Waals surface area contributed by atoms with Crippen LogP contribution in [0.2, 0.25) is 0 Å². The number of anilines is 1. The summed E-state index contributed by atoms with van der Waals surface area (Å²) in [6.45, 7) is 2.41. The van der Waals surface area contributed by atoms with Gasteiger partial charge >= 0.3 is 0 Å². The molecule has 1 aromatic rings. The normalized spacial score (nSPS) is 12.1. The number of hydrogen-bond acceptors (Lipinski definition) is 5. The van der Waals surface area contributed by atoms with Gasteiger partial charge in [0.05, 0.1) is 5.69 Å². The number of nitrogens with one attached hydrogen (secondary N) is 1. The van der Waals surface area contributed by atoms with Gasteiger partial charge in [0.15, 0.2) is 0 Å². The number of aromatic nitrogens is 1. The first-order valence-electron chi connectivity index (χ1n) is 4.05. The molecule has 4 nitrogen and oxygen atoms in total. The molecule has 0 saturated carbocycles. The fourth-order valence-electron chi connectivity index (χ4n) is 0.930. The lowest BCUT2D eigenvalue weighted by Gasteiger charge is -2.00. The third kappa shape index (κ3) is 2.79. The van der Waals surface area contributed by atoms with E-state index in [1.165, 1.54) is 11.5 Å². The molecule has 6 heteroatoms. The second-order valence-corrected chi connectivity index (χ2v) is 5.12. The summed E-state index contributed by atoms with van der Waals surface area (Å²) in [6.07, 6.45) is 1.66. The molecule has 0 bridgehead atoms. The van der Waals surface area contributed by atoms with E-state index >= 15 is 0 Å². The average Bonchev–Trinajstić information content (AvgIpc) is 2.46. The fraction of sp³-hybridized carbons (Fsp3) is 0.500. The van der Waals surface area contributed by atoms with Gasteiger partial charge in [-0.1, -0.05) is 0 Å². The van der Waals surface area contributed by atoms with Crippen molar-refractivity contribution < 1.29 is 4.21 Å². The zero-order valence-corrected chi connectivity index (χ0v) is 9.67. The first kappa shape index (κ1) is 11.1. The Morgan fingerprint density at radius 1 is 1.71 bits per heavy atom. The van der Waals surface area contributed by atoms with Gasteiger partial charge in [-0.2, -0.15) is 9.64 Å². The summed E-state index contributed by atoms with van der Waals surface area (Å²) in [6, 6.07) is 2.09. The van der Waals surface area contributed by atoms with E-state index in [-0.39, 0.29) is 0 Å². The van der Waals surface area contributed by atoms with Crippen molar-refractivity contribution in [3.05, 3.63) is 11.3 Å². The van der Waals surface area contributed by atoms with Crippen LogP contribution in [0.1, 0.15) is 11.3 Å². The van der Waals surface area contributed by atoms with E-state index in [0.29, 0.717) is 17.9 Å². The van der Waals surface area contributed by atoms with Crippen LogP contribution in [0.5, 0.6) is 0 Å². The van der Waals surface area contributed by atoms with Gasteiger partial charge in [-0.25, -0.2) is 0 Å². The van der Waals surface area contributed by atoms with Gasteiger partial charge in [-0.3, -0.25) is 4.21 Å². The Morgan fingerprint density at radius 2 is 2.43 bits per heavy atom. The van der Waals surface area contributed by atoms with Gasteiger partial charge in [0.1, 0.15) is 16.6 Å². The zero-order chi connectivity index (χ0) is 10.6. The fourth-order valence-corrected chi connectivity index (χ4v) is 2.09. The maximum absolute atomic E-state index is 10.8. The Morgan fingerprint density at radius 3 is 3.00 bits per heavy atom. The Bertz CT molecular complexity index is 380. The van der Waals surface area contributed by atoms with Crippen molar-refractivity contribution in [2.45, 2.75) is 6.92 Å². The molecule has 1 atom stereocenters. The van der Waals surface area contributed by atoms with Gasteiger partial charge in [0.25, 0.3) is 0 Å². The largest absolute Gasteiger partial charge is 0.374 e. The lowest BCUT2D eigenvalue weighted by molar-refractivity contribution is 0.687. The maximum atomic E-state index is 10.8. The Labute approximate surface area is 89.6 Å². The van der Waals surface area contributed by atoms with E-state index in [4.69, 9.17) is 5.26 Å². The average molecular weight is 229 g/mol. The van der Waals surface area contributed by atoms with Gasteiger partial charge in [0.2, 0.25) is 0 Å². The second-order valence-electron chi connectivity index (χ2n) is 2.79. The van der Waals surface area contributed by atoms with Crippen molar-refractivity contribution in [2.24, 2.45) is 0 Å². The molecule has 0 aliphatic rings. The molecule has 1 aromatic heterocycles. The SMILES string of the molecule is Cc1nsc(NCCS(C)=O)c1C#N. The van der Waals surface area contributed by atoms with Crippen LogP contribution < -0.4 is 5.32 Å². The summed E-state index contributed by atoms with van der Waals surface area (Å²) < 4.78 is 14.9. The van der Waals surface area contributed by atoms with Crippen LogP contribution in [0, 0.1) is 18.3 Å². The molecular formula is C8H11N3OS2. The predicted octanol–water partition coefficient (Wildman–Crippen LogP) is 1.11. The smallest absolute Gasteiger partial charge is 0.127 e. The highest BCUT2D eigenvalue weighted by atomic mass is 32.2. The summed E-state index contributed by atoms with van der Waals surface area (Å²) in [7, 11) is -0.802. The molecule has 1 N–H and O–H groups in total. The van der Waals surface area contributed by atoms with Crippen molar-refractivity contribution in [3.8, 4) is 6.07 Å². The molecule has 14 heavy (non-hydrogen) atoms. The Hall–Kier alpha value is -0.930. The maximum Gasteiger partial charge on any atom is 0.127 e. The van der Waals surface area contributed by atoms with Gasteiger partial charge in [-0.15, -0.1) is 0 Å². The van der Waals surface area contributed by atoms with Crippen molar-refractivity contribution in [1.82, 2.24) is 4.37 Å². The lowest BCUT2D eigenvalue weighted by Crippen LogP contribution is -2.09. The third-order valence-corrected chi connectivity index (χ3v) is 3.32. The van der Waals surface area contributed by atoms with E-state index in [2.05, 4.69) is 15.8 Å². The molecule has 0 fully saturated rings. The predicted molar refractivity (Wildman–Crippen MR) is 59.0 cm³/mol. The monoisotopic (exact) mass is 229 g/mol. The standard InChI is InChI=1S/C8H11N3OS2/c1-6-7(5-9)8(13-11-6)10-3-4-14(2)12/h10H,3-4H2,1-2H3. The van der Waals surface area contributed by atoms with Crippen LogP contribution in [-0.2, 0) is 10.8 Å². The van der Waals surface area contributed by atoms with Gasteiger partial charge < -0.3 is 5.32 Å². The number of nitrogens with zero attached hydrogens (tertiary/aromatic N) is 2. The van der Waals surface area contributed by atoms with Crippen LogP contribution in [0.15, 0.2) is 0 Å². The third-order valence-electron chi connectivity index (χ3n) is 1.65. The first-order valence-corrected chi connectivity index (χ1v) is 6.55. The minimum atomic E-state index is -0.802. The van der Waals surface area contributed by atoms with Gasteiger partial charge in [0, 0.05) is 29.4 Å². The van der Waals surface area contributed by atoms with E-state index in [0.717, 1.165) is 10.7 Å². The summed E-state index contributed by atoms with van der Waals surface area (Å²) in [5.74, 6) is 0.585.